The first kappa shape index (κ1) is 29.9. The minimum absolute atomic E-state index is 0. The van der Waals surface area contributed by atoms with Crippen LogP contribution < -0.4 is 17.0 Å². The van der Waals surface area contributed by atoms with Crippen molar-refractivity contribution in [1.29, 1.82) is 0 Å². The minimum atomic E-state index is -0.0575. The third-order valence-electron chi connectivity index (χ3n) is 10.6. The van der Waals surface area contributed by atoms with Crippen LogP contribution >= 0.6 is 0 Å². The average molecular weight is 656 g/mol. The van der Waals surface area contributed by atoms with Gasteiger partial charge in [0.25, 0.3) is 0 Å². The van der Waals surface area contributed by atoms with Gasteiger partial charge in [0.15, 0.2) is 0 Å². The Morgan fingerprint density at radius 1 is 0.822 bits per heavy atom. The number of piperidine rings is 3. The minimum Gasteiger partial charge on any atom is -1.00 e. The number of hydrogen-bond acceptors (Lipinski definition) is 2. The zero-order valence-corrected chi connectivity index (χ0v) is 27.2. The number of halogens is 1. The first-order chi connectivity index (χ1) is 21.7. The summed E-state index contributed by atoms with van der Waals surface area (Å²) < 4.78 is 8.17. The molecule has 3 fully saturated rings. The van der Waals surface area contributed by atoms with Gasteiger partial charge >= 0.3 is 0 Å². The van der Waals surface area contributed by atoms with Gasteiger partial charge < -0.3 is 26.2 Å². The summed E-state index contributed by atoms with van der Waals surface area (Å²) in [6.45, 7) is 8.17. The standard InChI is InChI=1S/C41H39N2O.BrH/c1-2-30-26-43(27-38-34-16-8-6-14-32(34)24-33-15-7-9-17-35(33)38)23-21-31(30)25-40(43)41(44-28-29-12-4-3-5-13-29)37-20-22-42-39-19-11-10-18-36(37)39;/h2-20,22,24,30-31,40-41H,1,21,23,25-28H2;1H/q+1;/p-1/t30?,31?,40-,41-,43?;/m1./s1. The second-order valence-corrected chi connectivity index (χ2v) is 13.0. The van der Waals surface area contributed by atoms with E-state index in [1.807, 2.05) is 6.20 Å². The molecule has 0 radical (unpaired) electrons. The molecule has 4 heteroatoms. The predicted octanol–water partition coefficient (Wildman–Crippen LogP) is 6.41. The monoisotopic (exact) mass is 654 g/mol. The molecule has 0 N–H and O–H groups in total. The van der Waals surface area contributed by atoms with Crippen molar-refractivity contribution in [3.8, 4) is 0 Å². The molecule has 2 bridgehead atoms. The van der Waals surface area contributed by atoms with Crippen LogP contribution in [-0.2, 0) is 17.9 Å². The molecular weight excluding hydrogens is 616 g/mol. The maximum absolute atomic E-state index is 7.15. The summed E-state index contributed by atoms with van der Waals surface area (Å²) in [7, 11) is 0. The first-order valence-electron chi connectivity index (χ1n) is 16.1. The van der Waals surface area contributed by atoms with Crippen LogP contribution in [0.1, 0.15) is 35.6 Å². The molecule has 4 heterocycles. The third-order valence-corrected chi connectivity index (χ3v) is 10.6. The topological polar surface area (TPSA) is 22.1 Å². The van der Waals surface area contributed by atoms with Crippen LogP contribution in [0.3, 0.4) is 0 Å². The molecule has 3 unspecified atom stereocenters. The zero-order valence-electron chi connectivity index (χ0n) is 25.6. The summed E-state index contributed by atoms with van der Waals surface area (Å²) >= 11 is 0. The smallest absolute Gasteiger partial charge is 0.135 e. The van der Waals surface area contributed by atoms with Gasteiger partial charge in [-0.15, -0.1) is 6.58 Å². The fourth-order valence-corrected chi connectivity index (χ4v) is 8.49. The quantitative estimate of drug-likeness (QED) is 0.107. The molecule has 3 saturated heterocycles. The lowest BCUT2D eigenvalue weighted by molar-refractivity contribution is -0.984. The van der Waals surface area contributed by atoms with Crippen LogP contribution in [-0.4, -0.2) is 28.6 Å². The van der Waals surface area contributed by atoms with Crippen molar-refractivity contribution in [3.63, 3.8) is 0 Å². The van der Waals surface area contributed by atoms with Gasteiger partial charge in [-0.3, -0.25) is 4.98 Å². The van der Waals surface area contributed by atoms with Crippen LogP contribution in [0, 0.1) is 11.8 Å². The van der Waals surface area contributed by atoms with Gasteiger partial charge in [0, 0.05) is 35.9 Å². The molecule has 3 aliphatic rings. The van der Waals surface area contributed by atoms with Crippen molar-refractivity contribution in [1.82, 2.24) is 4.98 Å². The van der Waals surface area contributed by atoms with Crippen molar-refractivity contribution in [3.05, 3.63) is 151 Å². The highest BCUT2D eigenvalue weighted by Crippen LogP contribution is 2.50. The largest absolute Gasteiger partial charge is 1.00 e. The molecule has 9 rings (SSSR count). The summed E-state index contributed by atoms with van der Waals surface area (Å²) in [5.41, 5.74) is 4.97. The number of pyridine rings is 1. The van der Waals surface area contributed by atoms with E-state index in [4.69, 9.17) is 9.72 Å². The number of fused-ring (bicyclic) bond motifs is 6. The van der Waals surface area contributed by atoms with Crippen molar-refractivity contribution in [2.75, 3.05) is 13.1 Å². The SMILES string of the molecule is C=CC1C[N+]2(Cc3c4ccccc4cc4ccccc34)CCC1C[C@@H]2[C@H](OCc1ccccc1)c1ccnc2ccccc12.[Br-]. The van der Waals surface area contributed by atoms with Crippen LogP contribution in [0.25, 0.3) is 32.4 Å². The Labute approximate surface area is 276 Å². The molecule has 6 aromatic rings. The summed E-state index contributed by atoms with van der Waals surface area (Å²) in [6.07, 6.45) is 6.53. The van der Waals surface area contributed by atoms with E-state index in [1.54, 1.807) is 0 Å². The number of aromatic nitrogens is 1. The number of para-hydroxylation sites is 1. The summed E-state index contributed by atoms with van der Waals surface area (Å²) in [5.74, 6) is 1.16. The van der Waals surface area contributed by atoms with Gasteiger partial charge in [0.1, 0.15) is 18.7 Å². The Bertz CT molecular complexity index is 1910. The summed E-state index contributed by atoms with van der Waals surface area (Å²) in [5, 5.41) is 6.58. The number of nitrogens with zero attached hydrogens (tertiary/aromatic N) is 2. The lowest BCUT2D eigenvalue weighted by Crippen LogP contribution is -3.00. The summed E-state index contributed by atoms with van der Waals surface area (Å²) in [4.78, 5) is 4.74. The Hall–Kier alpha value is -3.83. The van der Waals surface area contributed by atoms with Crippen LogP contribution in [0.5, 0.6) is 0 Å². The molecule has 0 amide bonds. The fraction of sp³-hybridized carbons (Fsp3) is 0.244. The van der Waals surface area contributed by atoms with E-state index in [-0.39, 0.29) is 23.1 Å². The highest BCUT2D eigenvalue weighted by atomic mass is 79.9. The molecule has 5 aromatic carbocycles. The second kappa shape index (κ2) is 12.5. The van der Waals surface area contributed by atoms with Gasteiger partial charge in [-0.1, -0.05) is 103 Å². The lowest BCUT2D eigenvalue weighted by atomic mass is 9.70. The Morgan fingerprint density at radius 2 is 1.49 bits per heavy atom. The van der Waals surface area contributed by atoms with E-state index in [9.17, 15) is 0 Å². The first-order valence-corrected chi connectivity index (χ1v) is 16.1. The highest BCUT2D eigenvalue weighted by molar-refractivity contribution is 6.02. The molecule has 0 spiro atoms. The van der Waals surface area contributed by atoms with E-state index in [0.29, 0.717) is 24.5 Å². The second-order valence-electron chi connectivity index (χ2n) is 13.0. The van der Waals surface area contributed by atoms with Gasteiger partial charge in [0.05, 0.1) is 25.2 Å². The number of rotatable bonds is 8. The highest BCUT2D eigenvalue weighted by Gasteiger charge is 2.55. The van der Waals surface area contributed by atoms with Crippen LogP contribution in [0.2, 0.25) is 0 Å². The van der Waals surface area contributed by atoms with Gasteiger partial charge in [0.2, 0.25) is 0 Å². The molecule has 226 valence electrons. The molecular formula is C41H39BrN2O. The Kier molecular flexibility index (Phi) is 8.31. The predicted molar refractivity (Wildman–Crippen MR) is 181 cm³/mol. The van der Waals surface area contributed by atoms with Crippen LogP contribution in [0.15, 0.2) is 134 Å². The van der Waals surface area contributed by atoms with E-state index in [0.717, 1.165) is 36.1 Å². The number of quaternary nitrogens is 1. The number of hydrogen-bond donors (Lipinski definition) is 0. The Balaban J connectivity index is 0.00000325. The zero-order chi connectivity index (χ0) is 29.5. The molecule has 0 saturated carbocycles. The number of ether oxygens (including phenoxy) is 1. The van der Waals surface area contributed by atoms with Crippen molar-refractivity contribution in [2.45, 2.75) is 38.1 Å². The lowest BCUT2D eigenvalue weighted by Gasteiger charge is -2.58. The summed E-state index contributed by atoms with van der Waals surface area (Å²) in [6, 6.07) is 42.0. The molecule has 5 atom stereocenters. The third kappa shape index (κ3) is 5.39. The van der Waals surface area contributed by atoms with Crippen molar-refractivity contribution >= 4 is 32.4 Å². The van der Waals surface area contributed by atoms with Crippen molar-refractivity contribution < 1.29 is 26.2 Å². The normalized spacial score (nSPS) is 23.2. The Morgan fingerprint density at radius 3 is 2.22 bits per heavy atom. The van der Waals surface area contributed by atoms with E-state index >= 15 is 0 Å². The maximum atomic E-state index is 7.15. The van der Waals surface area contributed by atoms with E-state index in [1.165, 1.54) is 50.0 Å². The molecule has 3 nitrogen and oxygen atoms in total. The van der Waals surface area contributed by atoms with Gasteiger partial charge in [-0.2, -0.15) is 0 Å². The molecule has 0 aliphatic carbocycles. The van der Waals surface area contributed by atoms with Gasteiger partial charge in [-0.25, -0.2) is 0 Å². The number of benzene rings is 5. The van der Waals surface area contributed by atoms with Crippen molar-refractivity contribution in [2.24, 2.45) is 11.8 Å². The average Bonchev–Trinajstić information content (AvgIpc) is 3.09. The molecule has 45 heavy (non-hydrogen) atoms. The maximum Gasteiger partial charge on any atom is 0.135 e. The van der Waals surface area contributed by atoms with E-state index < -0.39 is 0 Å². The van der Waals surface area contributed by atoms with Crippen LogP contribution in [0.4, 0.5) is 0 Å². The molecule has 1 aromatic heterocycles. The fourth-order valence-electron chi connectivity index (χ4n) is 8.49. The van der Waals surface area contributed by atoms with E-state index in [2.05, 4.69) is 128 Å². The van der Waals surface area contributed by atoms with Gasteiger partial charge in [-0.05, 0) is 56.8 Å². The molecule has 3 aliphatic heterocycles.